The van der Waals surface area contributed by atoms with Crippen LogP contribution in [0.5, 0.6) is 17.2 Å². The average molecular weight is 580 g/mol. The number of hydrogen-bond acceptors (Lipinski definition) is 5. The van der Waals surface area contributed by atoms with Crippen molar-refractivity contribution in [2.24, 2.45) is 5.10 Å². The molecule has 0 unspecified atom stereocenters. The van der Waals surface area contributed by atoms with Crippen molar-refractivity contribution in [2.45, 2.75) is 26.4 Å². The van der Waals surface area contributed by atoms with E-state index in [1.165, 1.54) is 6.21 Å². The normalized spacial score (nSPS) is 10.9. The van der Waals surface area contributed by atoms with Gasteiger partial charge in [-0.1, -0.05) is 35.3 Å². The Bertz CT molecular complexity index is 1180. The number of hydrazone groups is 1. The highest BCUT2D eigenvalue weighted by molar-refractivity contribution is 9.10. The van der Waals surface area contributed by atoms with E-state index >= 15 is 0 Å². The van der Waals surface area contributed by atoms with Gasteiger partial charge in [0, 0.05) is 22.0 Å². The molecule has 0 atom stereocenters. The molecule has 0 saturated heterocycles. The summed E-state index contributed by atoms with van der Waals surface area (Å²) in [5.74, 6) is 1.61. The van der Waals surface area contributed by atoms with Crippen LogP contribution >= 0.6 is 39.1 Å². The van der Waals surface area contributed by atoms with Crippen molar-refractivity contribution in [1.82, 2.24) is 5.43 Å². The standard InChI is InChI=1S/C26H25BrCl2N2O4/c1-17-8-10-23(20(27)13-17)34-12-4-7-26(32)31-30-15-18-9-11-24(25(14-18)33-2)35-16-19-21(28)5-3-6-22(19)29/h3,5-6,8-11,13-15H,4,7,12,16H2,1-2H3,(H,31,32)/b30-15+. The Hall–Kier alpha value is -2.74. The second-order valence-corrected chi connectivity index (χ2v) is 9.25. The van der Waals surface area contributed by atoms with Gasteiger partial charge in [0.1, 0.15) is 12.4 Å². The highest BCUT2D eigenvalue weighted by Crippen LogP contribution is 2.31. The molecule has 0 radical (unpaired) electrons. The van der Waals surface area contributed by atoms with E-state index in [4.69, 9.17) is 37.4 Å². The summed E-state index contributed by atoms with van der Waals surface area (Å²) in [6.07, 6.45) is 2.40. The van der Waals surface area contributed by atoms with Gasteiger partial charge in [-0.25, -0.2) is 5.43 Å². The Labute approximate surface area is 223 Å². The van der Waals surface area contributed by atoms with Gasteiger partial charge in [0.15, 0.2) is 11.5 Å². The van der Waals surface area contributed by atoms with Crippen molar-refractivity contribution in [3.8, 4) is 17.2 Å². The SMILES string of the molecule is COc1cc(/C=N/NC(=O)CCCOc2ccc(C)cc2Br)ccc1OCc1c(Cl)cccc1Cl. The van der Waals surface area contributed by atoms with Crippen molar-refractivity contribution >= 4 is 51.3 Å². The van der Waals surface area contributed by atoms with E-state index in [0.29, 0.717) is 46.6 Å². The molecule has 0 aromatic heterocycles. The summed E-state index contributed by atoms with van der Waals surface area (Å²) < 4.78 is 17.9. The minimum atomic E-state index is -0.198. The number of amides is 1. The Morgan fingerprint density at radius 2 is 1.77 bits per heavy atom. The average Bonchev–Trinajstić information content (AvgIpc) is 2.83. The number of aryl methyl sites for hydroxylation is 1. The number of methoxy groups -OCH3 is 1. The molecule has 0 aliphatic heterocycles. The molecule has 9 heteroatoms. The predicted molar refractivity (Wildman–Crippen MR) is 143 cm³/mol. The molecule has 35 heavy (non-hydrogen) atoms. The molecule has 0 heterocycles. The third kappa shape index (κ3) is 8.16. The Morgan fingerprint density at radius 1 is 1.03 bits per heavy atom. The van der Waals surface area contributed by atoms with Gasteiger partial charge in [0.25, 0.3) is 0 Å². The topological polar surface area (TPSA) is 69.2 Å². The van der Waals surface area contributed by atoms with Crippen LogP contribution < -0.4 is 19.6 Å². The first-order valence-electron chi connectivity index (χ1n) is 10.8. The maximum absolute atomic E-state index is 12.1. The lowest BCUT2D eigenvalue weighted by Gasteiger charge is -2.13. The molecule has 0 aliphatic rings. The van der Waals surface area contributed by atoms with Crippen LogP contribution in [0.4, 0.5) is 0 Å². The number of carbonyl (C=O) groups is 1. The molecular formula is C26H25BrCl2N2O4. The van der Waals surface area contributed by atoms with E-state index < -0.39 is 0 Å². The lowest BCUT2D eigenvalue weighted by atomic mass is 10.2. The van der Waals surface area contributed by atoms with Crippen LogP contribution in [-0.4, -0.2) is 25.8 Å². The minimum absolute atomic E-state index is 0.197. The highest BCUT2D eigenvalue weighted by atomic mass is 79.9. The smallest absolute Gasteiger partial charge is 0.240 e. The molecule has 3 rings (SSSR count). The van der Waals surface area contributed by atoms with Crippen LogP contribution in [0.25, 0.3) is 0 Å². The molecule has 6 nitrogen and oxygen atoms in total. The zero-order chi connectivity index (χ0) is 25.2. The summed E-state index contributed by atoms with van der Waals surface area (Å²) in [6.45, 7) is 2.64. The summed E-state index contributed by atoms with van der Waals surface area (Å²) in [6, 6.07) is 16.5. The second kappa shape index (κ2) is 13.4. The van der Waals surface area contributed by atoms with Gasteiger partial charge in [-0.05, 0) is 82.9 Å². The molecule has 0 aliphatic carbocycles. The lowest BCUT2D eigenvalue weighted by molar-refractivity contribution is -0.121. The lowest BCUT2D eigenvalue weighted by Crippen LogP contribution is -2.18. The third-order valence-corrected chi connectivity index (χ3v) is 6.25. The van der Waals surface area contributed by atoms with Crippen LogP contribution in [0.2, 0.25) is 10.0 Å². The summed E-state index contributed by atoms with van der Waals surface area (Å²) in [5.41, 5.74) is 5.10. The third-order valence-electron chi connectivity index (χ3n) is 4.92. The Kier molecular flexibility index (Phi) is 10.3. The zero-order valence-electron chi connectivity index (χ0n) is 19.3. The summed E-state index contributed by atoms with van der Waals surface area (Å²) >= 11 is 15.9. The van der Waals surface area contributed by atoms with Crippen LogP contribution in [-0.2, 0) is 11.4 Å². The highest BCUT2D eigenvalue weighted by Gasteiger charge is 2.10. The fraction of sp³-hybridized carbons (Fsp3) is 0.231. The molecular weight excluding hydrogens is 555 g/mol. The molecule has 0 spiro atoms. The molecule has 0 fully saturated rings. The number of nitrogens with one attached hydrogen (secondary N) is 1. The first-order valence-corrected chi connectivity index (χ1v) is 12.4. The van der Waals surface area contributed by atoms with Crippen molar-refractivity contribution in [3.05, 3.63) is 85.8 Å². The van der Waals surface area contributed by atoms with E-state index in [0.717, 1.165) is 21.3 Å². The van der Waals surface area contributed by atoms with Crippen molar-refractivity contribution < 1.29 is 19.0 Å². The van der Waals surface area contributed by atoms with E-state index in [9.17, 15) is 4.79 Å². The Balaban J connectivity index is 1.46. The molecule has 3 aromatic carbocycles. The number of ether oxygens (including phenoxy) is 3. The maximum Gasteiger partial charge on any atom is 0.240 e. The van der Waals surface area contributed by atoms with Crippen molar-refractivity contribution in [2.75, 3.05) is 13.7 Å². The quantitative estimate of drug-likeness (QED) is 0.151. The zero-order valence-corrected chi connectivity index (χ0v) is 22.4. The molecule has 184 valence electrons. The predicted octanol–water partition coefficient (Wildman–Crippen LogP) is 6.96. The second-order valence-electron chi connectivity index (χ2n) is 7.58. The van der Waals surface area contributed by atoms with Gasteiger partial charge in [-0.2, -0.15) is 5.10 Å². The number of halogens is 3. The number of rotatable bonds is 11. The van der Waals surface area contributed by atoms with Crippen LogP contribution in [0.15, 0.2) is 64.2 Å². The van der Waals surface area contributed by atoms with Gasteiger partial charge in [0.05, 0.1) is 24.4 Å². The molecule has 0 bridgehead atoms. The fourth-order valence-corrected chi connectivity index (χ4v) is 4.19. The molecule has 3 aromatic rings. The van der Waals surface area contributed by atoms with Crippen molar-refractivity contribution in [3.63, 3.8) is 0 Å². The van der Waals surface area contributed by atoms with Gasteiger partial charge in [-0.15, -0.1) is 0 Å². The van der Waals surface area contributed by atoms with Crippen molar-refractivity contribution in [1.29, 1.82) is 0 Å². The molecule has 1 amide bonds. The number of carbonyl (C=O) groups excluding carboxylic acids is 1. The minimum Gasteiger partial charge on any atom is -0.493 e. The summed E-state index contributed by atoms with van der Waals surface area (Å²) in [5, 5.41) is 5.09. The fourth-order valence-electron chi connectivity index (χ4n) is 3.08. The van der Waals surface area contributed by atoms with Crippen LogP contribution in [0.3, 0.4) is 0 Å². The van der Waals surface area contributed by atoms with Gasteiger partial charge in [-0.3, -0.25) is 4.79 Å². The van der Waals surface area contributed by atoms with E-state index in [2.05, 4.69) is 26.5 Å². The largest absolute Gasteiger partial charge is 0.493 e. The van der Waals surface area contributed by atoms with Gasteiger partial charge < -0.3 is 14.2 Å². The monoisotopic (exact) mass is 578 g/mol. The van der Waals surface area contributed by atoms with Gasteiger partial charge >= 0.3 is 0 Å². The summed E-state index contributed by atoms with van der Waals surface area (Å²) in [4.78, 5) is 12.1. The first-order chi connectivity index (χ1) is 16.9. The van der Waals surface area contributed by atoms with E-state index in [1.54, 1.807) is 43.5 Å². The Morgan fingerprint density at radius 3 is 2.49 bits per heavy atom. The first kappa shape index (κ1) is 26.9. The van der Waals surface area contributed by atoms with Crippen LogP contribution in [0, 0.1) is 6.92 Å². The number of hydrogen-bond donors (Lipinski definition) is 1. The summed E-state index contributed by atoms with van der Waals surface area (Å²) in [7, 11) is 1.55. The van der Waals surface area contributed by atoms with Crippen LogP contribution in [0.1, 0.15) is 29.5 Å². The number of benzene rings is 3. The van der Waals surface area contributed by atoms with E-state index in [1.807, 2.05) is 25.1 Å². The van der Waals surface area contributed by atoms with E-state index in [-0.39, 0.29) is 12.5 Å². The molecule has 1 N–H and O–H groups in total. The van der Waals surface area contributed by atoms with Gasteiger partial charge in [0.2, 0.25) is 5.91 Å². The molecule has 0 saturated carbocycles. The number of nitrogens with zero attached hydrogens (tertiary/aromatic N) is 1. The maximum atomic E-state index is 12.1.